The maximum Gasteiger partial charge on any atom is 0.163 e. The van der Waals surface area contributed by atoms with Gasteiger partial charge in [-0.05, 0) is 62.3 Å². The smallest absolute Gasteiger partial charge is 0.163 e. The van der Waals surface area contributed by atoms with E-state index in [1.54, 1.807) is 12.1 Å². The molecule has 3 fully saturated rings. The van der Waals surface area contributed by atoms with Crippen molar-refractivity contribution in [3.8, 4) is 0 Å². The summed E-state index contributed by atoms with van der Waals surface area (Å²) in [5, 5.41) is 14.2. The molecule has 0 bridgehead atoms. The van der Waals surface area contributed by atoms with Crippen LogP contribution in [0.2, 0.25) is 0 Å². The number of nitrogens with one attached hydrogen (secondary N) is 1. The van der Waals surface area contributed by atoms with Crippen molar-refractivity contribution in [1.82, 2.24) is 15.1 Å². The number of hydrogen-bond acceptors (Lipinski definition) is 6. The summed E-state index contributed by atoms with van der Waals surface area (Å²) in [7, 11) is 4.11. The van der Waals surface area contributed by atoms with E-state index in [0.29, 0.717) is 6.54 Å². The van der Waals surface area contributed by atoms with Crippen LogP contribution < -0.4 is 10.2 Å². The second-order valence-corrected chi connectivity index (χ2v) is 9.76. The first-order chi connectivity index (χ1) is 15.4. The Balaban J connectivity index is 1.25. The molecule has 2 N–H and O–H groups in total. The fourth-order valence-electron chi connectivity index (χ4n) is 5.73. The van der Waals surface area contributed by atoms with Gasteiger partial charge >= 0.3 is 0 Å². The van der Waals surface area contributed by atoms with E-state index < -0.39 is 6.35 Å². The molecule has 2 heterocycles. The van der Waals surface area contributed by atoms with E-state index in [0.717, 1.165) is 51.3 Å². The first-order valence-corrected chi connectivity index (χ1v) is 11.4. The van der Waals surface area contributed by atoms with Crippen molar-refractivity contribution in [3.63, 3.8) is 0 Å². The molecule has 172 valence electrons. The average Bonchev–Trinajstić information content (AvgIpc) is 3.09. The highest BCUT2D eigenvalue weighted by atomic mass is 19.1. The molecule has 0 amide bonds. The van der Waals surface area contributed by atoms with Crippen LogP contribution >= 0.6 is 0 Å². The minimum absolute atomic E-state index is 0.163. The van der Waals surface area contributed by atoms with Crippen molar-refractivity contribution in [3.05, 3.63) is 65.5 Å². The molecule has 0 radical (unpaired) electrons. The van der Waals surface area contributed by atoms with Gasteiger partial charge in [-0.15, -0.1) is 0 Å². The third-order valence-electron chi connectivity index (χ3n) is 7.46. The molecule has 0 aromatic heterocycles. The quantitative estimate of drug-likeness (QED) is 0.745. The van der Waals surface area contributed by atoms with E-state index in [2.05, 4.69) is 58.4 Å². The Morgan fingerprint density at radius 2 is 1.84 bits per heavy atom. The lowest BCUT2D eigenvalue weighted by molar-refractivity contribution is -0.0324. The number of rotatable bonds is 5. The van der Waals surface area contributed by atoms with E-state index in [-0.39, 0.29) is 16.9 Å². The fourth-order valence-corrected chi connectivity index (χ4v) is 5.73. The van der Waals surface area contributed by atoms with Crippen molar-refractivity contribution in [2.24, 2.45) is 0 Å². The lowest BCUT2D eigenvalue weighted by Crippen LogP contribution is -2.67. The van der Waals surface area contributed by atoms with Crippen LogP contribution in [0.15, 0.2) is 48.5 Å². The molecule has 2 aromatic rings. The number of ether oxygens (including phenoxy) is 1. The Morgan fingerprint density at radius 3 is 2.50 bits per heavy atom. The van der Waals surface area contributed by atoms with E-state index in [4.69, 9.17) is 4.74 Å². The Morgan fingerprint density at radius 1 is 1.12 bits per heavy atom. The zero-order valence-electron chi connectivity index (χ0n) is 18.9. The fraction of sp³-hybridized carbons (Fsp3) is 0.520. The van der Waals surface area contributed by atoms with Crippen molar-refractivity contribution in [2.45, 2.75) is 36.8 Å². The van der Waals surface area contributed by atoms with Crippen LogP contribution in [0.5, 0.6) is 0 Å². The zero-order valence-corrected chi connectivity index (χ0v) is 18.9. The molecular weight excluding hydrogens is 407 g/mol. The largest absolute Gasteiger partial charge is 0.378 e. The Labute approximate surface area is 189 Å². The molecule has 2 aromatic carbocycles. The van der Waals surface area contributed by atoms with Crippen LogP contribution in [-0.2, 0) is 16.8 Å². The third kappa shape index (κ3) is 3.93. The second-order valence-electron chi connectivity index (χ2n) is 9.76. The topological polar surface area (TPSA) is 51.2 Å². The van der Waals surface area contributed by atoms with Gasteiger partial charge in [0.1, 0.15) is 5.82 Å². The number of benzene rings is 2. The van der Waals surface area contributed by atoms with Gasteiger partial charge in [0.15, 0.2) is 6.35 Å². The number of nitrogens with zero attached hydrogens (tertiary/aromatic N) is 3. The molecule has 6 nitrogen and oxygen atoms in total. The van der Waals surface area contributed by atoms with Gasteiger partial charge in [0.25, 0.3) is 0 Å². The number of aliphatic hydroxyl groups excluding tert-OH is 1. The van der Waals surface area contributed by atoms with Gasteiger partial charge < -0.3 is 14.7 Å². The average molecular weight is 441 g/mol. The van der Waals surface area contributed by atoms with Gasteiger partial charge in [0, 0.05) is 42.9 Å². The summed E-state index contributed by atoms with van der Waals surface area (Å²) >= 11 is 0. The molecular formula is C25H33FN4O2. The van der Waals surface area contributed by atoms with Gasteiger partial charge in [0.05, 0.1) is 13.2 Å². The van der Waals surface area contributed by atoms with Gasteiger partial charge in [0.2, 0.25) is 0 Å². The normalized spacial score (nSPS) is 30.8. The summed E-state index contributed by atoms with van der Waals surface area (Å²) in [4.78, 5) is 6.62. The standard InChI is InChI=1S/C25H33FN4O2/c1-28(2)25(20-4-3-5-21(26)14-20)16-24(17-25)18-30(23(31)27-24)15-19-6-8-22(9-7-19)29-10-12-32-13-11-29/h3-9,14,23,27,31H,10-13,15-18H2,1-2H3. The molecule has 1 saturated carbocycles. The van der Waals surface area contributed by atoms with Crippen LogP contribution in [0.25, 0.3) is 0 Å². The molecule has 1 spiro atoms. The summed E-state index contributed by atoms with van der Waals surface area (Å²) in [6, 6.07) is 15.6. The van der Waals surface area contributed by atoms with Crippen LogP contribution in [-0.4, -0.2) is 73.7 Å². The van der Waals surface area contributed by atoms with Crippen molar-refractivity contribution in [1.29, 1.82) is 0 Å². The summed E-state index contributed by atoms with van der Waals surface area (Å²) in [5.74, 6) is -0.203. The Kier molecular flexibility index (Phi) is 5.72. The molecule has 5 rings (SSSR count). The highest BCUT2D eigenvalue weighted by Crippen LogP contribution is 2.53. The van der Waals surface area contributed by atoms with Gasteiger partial charge in [-0.25, -0.2) is 4.39 Å². The first-order valence-electron chi connectivity index (χ1n) is 11.4. The summed E-state index contributed by atoms with van der Waals surface area (Å²) in [6.45, 7) is 4.86. The molecule has 2 aliphatic heterocycles. The van der Waals surface area contributed by atoms with E-state index in [1.165, 1.54) is 17.3 Å². The lowest BCUT2D eigenvalue weighted by atomic mass is 9.59. The minimum atomic E-state index is -0.679. The maximum absolute atomic E-state index is 13.9. The van der Waals surface area contributed by atoms with Crippen LogP contribution in [0.4, 0.5) is 10.1 Å². The van der Waals surface area contributed by atoms with Crippen molar-refractivity contribution >= 4 is 5.69 Å². The maximum atomic E-state index is 13.9. The molecule has 32 heavy (non-hydrogen) atoms. The van der Waals surface area contributed by atoms with Crippen LogP contribution in [0.1, 0.15) is 24.0 Å². The summed E-state index contributed by atoms with van der Waals surface area (Å²) in [6.07, 6.45) is 0.988. The van der Waals surface area contributed by atoms with Crippen molar-refractivity contribution < 1.29 is 14.2 Å². The number of morpholine rings is 1. The molecule has 7 heteroatoms. The molecule has 3 aliphatic rings. The lowest BCUT2D eigenvalue weighted by Gasteiger charge is -2.58. The van der Waals surface area contributed by atoms with Crippen molar-refractivity contribution in [2.75, 3.05) is 51.8 Å². The predicted octanol–water partition coefficient (Wildman–Crippen LogP) is 2.33. The van der Waals surface area contributed by atoms with E-state index in [9.17, 15) is 9.50 Å². The van der Waals surface area contributed by atoms with Gasteiger partial charge in [-0.2, -0.15) is 0 Å². The van der Waals surface area contributed by atoms with Crippen LogP contribution in [0.3, 0.4) is 0 Å². The first kappa shape index (κ1) is 21.8. The SMILES string of the molecule is CN(C)C1(c2cccc(F)c2)CC2(CN(Cc3ccc(N4CCOCC4)cc3)C(O)N2)C1. The Bertz CT molecular complexity index is 939. The van der Waals surface area contributed by atoms with Gasteiger partial charge in [-0.3, -0.25) is 15.1 Å². The summed E-state index contributed by atoms with van der Waals surface area (Å²) in [5.41, 5.74) is 3.03. The number of aliphatic hydroxyl groups is 1. The van der Waals surface area contributed by atoms with E-state index >= 15 is 0 Å². The van der Waals surface area contributed by atoms with Crippen LogP contribution in [0, 0.1) is 5.82 Å². The molecule has 1 atom stereocenters. The molecule has 1 unspecified atom stereocenters. The number of hydrogen-bond donors (Lipinski definition) is 2. The zero-order chi connectivity index (χ0) is 22.3. The number of halogens is 1. The third-order valence-corrected chi connectivity index (χ3v) is 7.46. The predicted molar refractivity (Wildman–Crippen MR) is 123 cm³/mol. The number of anilines is 1. The molecule has 1 aliphatic carbocycles. The van der Waals surface area contributed by atoms with E-state index in [1.807, 2.05) is 6.07 Å². The monoisotopic (exact) mass is 440 g/mol. The highest BCUT2D eigenvalue weighted by Gasteiger charge is 2.60. The summed E-state index contributed by atoms with van der Waals surface area (Å²) < 4.78 is 19.4. The highest BCUT2D eigenvalue weighted by molar-refractivity contribution is 5.48. The minimum Gasteiger partial charge on any atom is -0.378 e. The Hall–Kier alpha value is -2.03. The second kappa shape index (κ2) is 8.39. The molecule has 2 saturated heterocycles. The van der Waals surface area contributed by atoms with Gasteiger partial charge in [-0.1, -0.05) is 24.3 Å².